The first kappa shape index (κ1) is 20.2. The van der Waals surface area contributed by atoms with Gasteiger partial charge in [-0.15, -0.1) is 4.68 Å². The van der Waals surface area contributed by atoms with Crippen LogP contribution in [0.1, 0.15) is 5.76 Å². The second-order valence-electron chi connectivity index (χ2n) is 5.47. The molecule has 0 radical (unpaired) electrons. The summed E-state index contributed by atoms with van der Waals surface area (Å²) >= 11 is 0. The van der Waals surface area contributed by atoms with Gasteiger partial charge in [0.05, 0.1) is 11.7 Å². The van der Waals surface area contributed by atoms with Crippen molar-refractivity contribution in [1.29, 1.82) is 0 Å². The van der Waals surface area contributed by atoms with E-state index in [2.05, 4.69) is 15.1 Å². The van der Waals surface area contributed by atoms with Crippen molar-refractivity contribution < 1.29 is 51.3 Å². The van der Waals surface area contributed by atoms with E-state index in [1.807, 2.05) is 0 Å². The molecule has 0 unspecified atom stereocenters. The van der Waals surface area contributed by atoms with E-state index < -0.39 is 32.3 Å². The Morgan fingerprint density at radius 1 is 1.14 bits per heavy atom. The number of nitrogens with zero attached hydrogens (tertiary/aromatic N) is 2. The van der Waals surface area contributed by atoms with Gasteiger partial charge in [0.25, 0.3) is 0 Å². The van der Waals surface area contributed by atoms with Crippen molar-refractivity contribution in [1.82, 2.24) is 14.6 Å². The zero-order valence-corrected chi connectivity index (χ0v) is 16.9. The number of nitrogens with one attached hydrogen (secondary N) is 2. The van der Waals surface area contributed by atoms with Crippen LogP contribution in [-0.2, 0) is 10.1 Å². The first-order valence-electron chi connectivity index (χ1n) is 7.30. The first-order valence-corrected chi connectivity index (χ1v) is 8.71. The topological polar surface area (TPSA) is 153 Å². The van der Waals surface area contributed by atoms with E-state index in [9.17, 15) is 27.0 Å². The molecular formula is C15H8FN4NaO6S. The molecule has 0 saturated heterocycles. The number of furan rings is 1. The van der Waals surface area contributed by atoms with Gasteiger partial charge >= 0.3 is 40.8 Å². The fraction of sp³-hybridized carbons (Fsp3) is 0. The first-order chi connectivity index (χ1) is 12.7. The van der Waals surface area contributed by atoms with E-state index in [-0.39, 0.29) is 46.4 Å². The molecule has 4 aromatic rings. The van der Waals surface area contributed by atoms with Gasteiger partial charge in [-0.25, -0.2) is 17.6 Å². The van der Waals surface area contributed by atoms with Crippen molar-refractivity contribution in [3.63, 3.8) is 0 Å². The Bertz CT molecular complexity index is 1460. The molecule has 10 nitrogen and oxygen atoms in total. The largest absolute Gasteiger partial charge is 1.00 e. The van der Waals surface area contributed by atoms with Gasteiger partial charge < -0.3 is 18.9 Å². The Morgan fingerprint density at radius 3 is 2.57 bits per heavy atom. The molecule has 0 bridgehead atoms. The van der Waals surface area contributed by atoms with Crippen molar-refractivity contribution in [3.8, 4) is 0 Å². The van der Waals surface area contributed by atoms with E-state index in [0.717, 1.165) is 18.3 Å². The molecule has 4 rings (SSSR count). The Balaban J connectivity index is 0.00000225. The zero-order valence-electron chi connectivity index (χ0n) is 14.1. The van der Waals surface area contributed by atoms with Crippen LogP contribution in [0.4, 0.5) is 4.39 Å². The third-order valence-electron chi connectivity index (χ3n) is 3.74. The van der Waals surface area contributed by atoms with Crippen molar-refractivity contribution in [3.05, 3.63) is 62.7 Å². The Morgan fingerprint density at radius 2 is 1.89 bits per heavy atom. The SMILES string of the molecule is O=c1[nH]c2c([nH]c3ccc(F)cc32)c(=O)n1/N=C/c1ccc(S(=O)(=O)[O-])o1.[Na+]. The molecule has 0 aliphatic rings. The molecule has 0 spiro atoms. The quantitative estimate of drug-likeness (QED) is 0.218. The Labute approximate surface area is 176 Å². The number of fused-ring (bicyclic) bond motifs is 3. The summed E-state index contributed by atoms with van der Waals surface area (Å²) in [6, 6.07) is 5.85. The minimum atomic E-state index is -4.78. The van der Waals surface area contributed by atoms with E-state index in [4.69, 9.17) is 4.42 Å². The minimum absolute atomic E-state index is 0. The van der Waals surface area contributed by atoms with Gasteiger partial charge in [-0.2, -0.15) is 5.10 Å². The summed E-state index contributed by atoms with van der Waals surface area (Å²) in [6.45, 7) is 0. The van der Waals surface area contributed by atoms with Crippen LogP contribution in [0.3, 0.4) is 0 Å². The average molecular weight is 414 g/mol. The van der Waals surface area contributed by atoms with E-state index in [1.54, 1.807) is 0 Å². The molecule has 0 atom stereocenters. The molecule has 13 heteroatoms. The summed E-state index contributed by atoms with van der Waals surface area (Å²) in [5.41, 5.74) is -1.16. The van der Waals surface area contributed by atoms with E-state index in [0.29, 0.717) is 15.6 Å². The predicted octanol–water partition coefficient (Wildman–Crippen LogP) is -2.31. The number of hydrogen-bond acceptors (Lipinski definition) is 7. The van der Waals surface area contributed by atoms with Gasteiger partial charge in [-0.1, -0.05) is 0 Å². The summed E-state index contributed by atoms with van der Waals surface area (Å²) < 4.78 is 51.2. The number of benzene rings is 1. The van der Waals surface area contributed by atoms with Crippen LogP contribution in [0.25, 0.3) is 21.9 Å². The third-order valence-corrected chi connectivity index (χ3v) is 4.45. The average Bonchev–Trinajstić information content (AvgIpc) is 3.20. The van der Waals surface area contributed by atoms with Crippen molar-refractivity contribution >= 4 is 38.3 Å². The van der Waals surface area contributed by atoms with Gasteiger partial charge in [0.2, 0.25) is 5.09 Å². The number of aromatic amines is 2. The normalized spacial score (nSPS) is 12.1. The second kappa shape index (κ2) is 7.14. The van der Waals surface area contributed by atoms with Gasteiger partial charge in [0, 0.05) is 10.9 Å². The summed E-state index contributed by atoms with van der Waals surface area (Å²) in [7, 11) is -4.78. The summed E-state index contributed by atoms with van der Waals surface area (Å²) in [5, 5.41) is 3.16. The van der Waals surface area contributed by atoms with Crippen LogP contribution in [-0.4, -0.2) is 33.8 Å². The number of aromatic nitrogens is 3. The fourth-order valence-corrected chi connectivity index (χ4v) is 3.00. The van der Waals surface area contributed by atoms with Gasteiger partial charge in [0.1, 0.15) is 17.1 Å². The molecule has 138 valence electrons. The summed E-state index contributed by atoms with van der Waals surface area (Å²) in [5.74, 6) is -0.692. The second-order valence-corrected chi connectivity index (χ2v) is 6.78. The molecule has 2 N–H and O–H groups in total. The smallest absolute Gasteiger partial charge is 0.742 e. The maximum Gasteiger partial charge on any atom is 1.00 e. The van der Waals surface area contributed by atoms with Crippen molar-refractivity contribution in [2.75, 3.05) is 0 Å². The van der Waals surface area contributed by atoms with E-state index >= 15 is 0 Å². The summed E-state index contributed by atoms with van der Waals surface area (Å²) in [6.07, 6.45) is 0.902. The van der Waals surface area contributed by atoms with Crippen LogP contribution in [0, 0.1) is 5.82 Å². The third kappa shape index (κ3) is 3.47. The molecule has 1 aromatic carbocycles. The predicted molar refractivity (Wildman–Crippen MR) is 90.3 cm³/mol. The number of halogens is 1. The number of hydrogen-bond donors (Lipinski definition) is 2. The molecule has 0 fully saturated rings. The molecule has 3 aromatic heterocycles. The number of H-pyrrole nitrogens is 2. The Kier molecular flexibility index (Phi) is 5.16. The molecule has 0 saturated carbocycles. The minimum Gasteiger partial charge on any atom is -0.742 e. The molecule has 3 heterocycles. The molecular weight excluding hydrogens is 406 g/mol. The van der Waals surface area contributed by atoms with Crippen LogP contribution in [0.2, 0.25) is 0 Å². The fourth-order valence-electron chi connectivity index (χ4n) is 2.57. The zero-order chi connectivity index (χ0) is 19.3. The molecule has 0 aliphatic heterocycles. The van der Waals surface area contributed by atoms with Gasteiger partial charge in [0.15, 0.2) is 10.1 Å². The van der Waals surface area contributed by atoms with Gasteiger partial charge in [-0.05, 0) is 30.3 Å². The maximum atomic E-state index is 13.4. The molecule has 28 heavy (non-hydrogen) atoms. The number of rotatable bonds is 3. The Hall–Kier alpha value is -2.51. The monoisotopic (exact) mass is 414 g/mol. The van der Waals surface area contributed by atoms with Crippen LogP contribution >= 0.6 is 0 Å². The van der Waals surface area contributed by atoms with Crippen molar-refractivity contribution in [2.24, 2.45) is 5.10 Å². The van der Waals surface area contributed by atoms with Crippen LogP contribution in [0.15, 0.2) is 54.5 Å². The van der Waals surface area contributed by atoms with E-state index in [1.165, 1.54) is 18.2 Å². The van der Waals surface area contributed by atoms with Crippen LogP contribution in [0.5, 0.6) is 0 Å². The molecule has 0 aliphatic carbocycles. The maximum absolute atomic E-state index is 13.4. The van der Waals surface area contributed by atoms with Gasteiger partial charge in [-0.3, -0.25) is 4.79 Å². The van der Waals surface area contributed by atoms with Crippen molar-refractivity contribution in [2.45, 2.75) is 5.09 Å². The summed E-state index contributed by atoms with van der Waals surface area (Å²) in [4.78, 5) is 29.9. The molecule has 0 amide bonds. The standard InChI is InChI=1S/C15H9FN4O6S.Na/c16-7-1-3-10-9(5-7)12-13(18-10)14(21)20(15(22)19-12)17-6-8-2-4-11(26-8)27(23,24)25;/h1-6,18H,(H,19,22)(H,23,24,25);/q;+1/p-1/b17-6+;. The van der Waals surface area contributed by atoms with Crippen LogP contribution < -0.4 is 40.8 Å².